The van der Waals surface area contributed by atoms with Crippen LogP contribution in [0.2, 0.25) is 0 Å². The summed E-state index contributed by atoms with van der Waals surface area (Å²) in [6.45, 7) is 2.04. The molecule has 1 N–H and O–H groups in total. The van der Waals surface area contributed by atoms with Crippen LogP contribution in [0.3, 0.4) is 0 Å². The molecule has 2 fully saturated rings. The van der Waals surface area contributed by atoms with Gasteiger partial charge in [0.1, 0.15) is 0 Å². The monoisotopic (exact) mass is 85.1 g/mol. The third kappa shape index (κ3) is 0.172. The molecule has 2 saturated heterocycles. The molecule has 2 heterocycles. The van der Waals surface area contributed by atoms with Crippen molar-refractivity contribution in [2.45, 2.75) is 12.1 Å². The molecule has 2 nitrogen and oxygen atoms in total. The second-order valence-corrected chi connectivity index (χ2v) is 1.89. The molecule has 0 saturated carbocycles. The van der Waals surface area contributed by atoms with Gasteiger partial charge in [0.2, 0.25) is 0 Å². The van der Waals surface area contributed by atoms with Crippen LogP contribution in [0.25, 0.3) is 0 Å². The van der Waals surface area contributed by atoms with Crippen LogP contribution < -0.4 is 5.32 Å². The minimum absolute atomic E-state index is 0.602. The highest BCUT2D eigenvalue weighted by Crippen LogP contribution is 2.18. The zero-order valence-corrected chi connectivity index (χ0v) is 3.48. The molecular formula is C4H7NO. The largest absolute Gasteiger partial charge is 0.373 e. The number of nitrogens with one attached hydrogen (secondary N) is 1. The summed E-state index contributed by atoms with van der Waals surface area (Å²) in [4.78, 5) is 0. The number of hydrogen-bond donors (Lipinski definition) is 1. The molecule has 2 aliphatic heterocycles. The minimum atomic E-state index is 0.602. The zero-order chi connectivity index (χ0) is 3.98. The third-order valence-corrected chi connectivity index (χ3v) is 1.52. The summed E-state index contributed by atoms with van der Waals surface area (Å²) >= 11 is 0. The molecule has 0 spiro atoms. The summed E-state index contributed by atoms with van der Waals surface area (Å²) in [6, 6.07) is 0.741. The molecule has 0 bridgehead atoms. The molecule has 2 unspecified atom stereocenters. The predicted octanol–water partition coefficient (Wildman–Crippen LogP) is -0.643. The Hall–Kier alpha value is -0.0800. The Morgan fingerprint density at radius 2 is 2.50 bits per heavy atom. The Morgan fingerprint density at radius 3 is 2.50 bits per heavy atom. The Bertz CT molecular complexity index is 55.9. The first-order valence-corrected chi connectivity index (χ1v) is 2.32. The predicted molar refractivity (Wildman–Crippen MR) is 21.5 cm³/mol. The van der Waals surface area contributed by atoms with E-state index in [1.54, 1.807) is 0 Å². The van der Waals surface area contributed by atoms with Gasteiger partial charge < -0.3 is 10.1 Å². The first kappa shape index (κ1) is 2.99. The van der Waals surface area contributed by atoms with E-state index >= 15 is 0 Å². The molecule has 2 rings (SSSR count). The van der Waals surface area contributed by atoms with Crippen LogP contribution in [0.15, 0.2) is 0 Å². The Morgan fingerprint density at radius 1 is 1.67 bits per heavy atom. The third-order valence-electron chi connectivity index (χ3n) is 1.52. The normalized spacial score (nSPS) is 52.0. The van der Waals surface area contributed by atoms with E-state index in [2.05, 4.69) is 5.32 Å². The van der Waals surface area contributed by atoms with Crippen molar-refractivity contribution in [2.24, 2.45) is 0 Å². The summed E-state index contributed by atoms with van der Waals surface area (Å²) in [7, 11) is 0. The summed E-state index contributed by atoms with van der Waals surface area (Å²) in [5.74, 6) is 0. The lowest BCUT2D eigenvalue weighted by Gasteiger charge is -2.46. The van der Waals surface area contributed by atoms with Gasteiger partial charge >= 0.3 is 0 Å². The van der Waals surface area contributed by atoms with Crippen LogP contribution in [0.1, 0.15) is 0 Å². The fourth-order valence-corrected chi connectivity index (χ4v) is 0.827. The highest BCUT2D eigenvalue weighted by molar-refractivity contribution is 4.95. The molecule has 0 aromatic carbocycles. The Balaban J connectivity index is 2.03. The molecule has 34 valence electrons. The van der Waals surface area contributed by atoms with Crippen molar-refractivity contribution < 1.29 is 4.74 Å². The topological polar surface area (TPSA) is 21.3 Å². The Kier molecular flexibility index (Phi) is 0.383. The van der Waals surface area contributed by atoms with Crippen molar-refractivity contribution in [3.63, 3.8) is 0 Å². The van der Waals surface area contributed by atoms with E-state index in [1.807, 2.05) is 0 Å². The number of hydrogen-bond acceptors (Lipinski definition) is 2. The van der Waals surface area contributed by atoms with Crippen LogP contribution in [0, 0.1) is 0 Å². The molecule has 2 atom stereocenters. The lowest BCUT2D eigenvalue weighted by atomic mass is 9.99. The molecule has 2 heteroatoms. The summed E-state index contributed by atoms with van der Waals surface area (Å²) in [6.07, 6.45) is 0.602. The van der Waals surface area contributed by atoms with Gasteiger partial charge in [-0.05, 0) is 0 Å². The average molecular weight is 85.1 g/mol. The van der Waals surface area contributed by atoms with Crippen LogP contribution in [0.4, 0.5) is 0 Å². The summed E-state index contributed by atoms with van der Waals surface area (Å²) < 4.78 is 5.07. The maximum Gasteiger partial charge on any atom is 0.0875 e. The van der Waals surface area contributed by atoms with Gasteiger partial charge in [0.05, 0.1) is 18.8 Å². The second kappa shape index (κ2) is 0.768. The van der Waals surface area contributed by atoms with Gasteiger partial charge in [0, 0.05) is 6.54 Å². The highest BCUT2D eigenvalue weighted by atomic mass is 16.5. The molecule has 0 amide bonds. The van der Waals surface area contributed by atoms with E-state index in [4.69, 9.17) is 4.74 Å². The van der Waals surface area contributed by atoms with Gasteiger partial charge in [-0.2, -0.15) is 0 Å². The maximum atomic E-state index is 5.07. The first-order valence-electron chi connectivity index (χ1n) is 2.32. The van der Waals surface area contributed by atoms with Crippen LogP contribution in [-0.2, 0) is 4.74 Å². The summed E-state index contributed by atoms with van der Waals surface area (Å²) in [5.41, 5.74) is 0. The van der Waals surface area contributed by atoms with E-state index in [-0.39, 0.29) is 0 Å². The second-order valence-electron chi connectivity index (χ2n) is 1.89. The standard InChI is InChI=1S/C4H7NO/c1-4-3(5-1)2-6-4/h3-5H,1-2H2. The van der Waals surface area contributed by atoms with Gasteiger partial charge in [-0.15, -0.1) is 0 Å². The van der Waals surface area contributed by atoms with Gasteiger partial charge in [-0.3, -0.25) is 0 Å². The number of rotatable bonds is 0. The van der Waals surface area contributed by atoms with Gasteiger partial charge in [-0.25, -0.2) is 0 Å². The van der Waals surface area contributed by atoms with E-state index in [0.717, 1.165) is 19.2 Å². The average Bonchev–Trinajstić information content (AvgIpc) is 1.54. The highest BCUT2D eigenvalue weighted by Gasteiger charge is 2.39. The number of fused-ring (bicyclic) bond motifs is 1. The van der Waals surface area contributed by atoms with Crippen molar-refractivity contribution in [3.05, 3.63) is 0 Å². The van der Waals surface area contributed by atoms with Crippen LogP contribution >= 0.6 is 0 Å². The SMILES string of the molecule is C1OC2CNC12. The lowest BCUT2D eigenvalue weighted by molar-refractivity contribution is -0.135. The fraction of sp³-hybridized carbons (Fsp3) is 1.00. The number of ether oxygens (including phenoxy) is 1. The Labute approximate surface area is 36.5 Å². The molecule has 0 aromatic heterocycles. The lowest BCUT2D eigenvalue weighted by Crippen LogP contribution is -2.68. The summed E-state index contributed by atoms with van der Waals surface area (Å²) in [5, 5.41) is 3.22. The zero-order valence-electron chi connectivity index (χ0n) is 3.48. The molecule has 0 aromatic rings. The van der Waals surface area contributed by atoms with Crippen LogP contribution in [0.5, 0.6) is 0 Å². The van der Waals surface area contributed by atoms with Crippen molar-refractivity contribution in [3.8, 4) is 0 Å². The smallest absolute Gasteiger partial charge is 0.0875 e. The minimum Gasteiger partial charge on any atom is -0.373 e. The van der Waals surface area contributed by atoms with Gasteiger partial charge in [0.15, 0.2) is 0 Å². The quantitative estimate of drug-likeness (QED) is 0.422. The van der Waals surface area contributed by atoms with Crippen LogP contribution in [-0.4, -0.2) is 25.3 Å². The molecule has 0 radical (unpaired) electrons. The number of morpholine rings is 1. The van der Waals surface area contributed by atoms with Crippen molar-refractivity contribution in [1.82, 2.24) is 5.32 Å². The van der Waals surface area contributed by atoms with Crippen molar-refractivity contribution in [2.75, 3.05) is 13.2 Å². The maximum absolute atomic E-state index is 5.07. The van der Waals surface area contributed by atoms with Gasteiger partial charge in [-0.1, -0.05) is 0 Å². The van der Waals surface area contributed by atoms with Crippen molar-refractivity contribution in [1.29, 1.82) is 0 Å². The van der Waals surface area contributed by atoms with Crippen molar-refractivity contribution >= 4 is 0 Å². The molecular weight excluding hydrogens is 78.0 g/mol. The van der Waals surface area contributed by atoms with E-state index in [0.29, 0.717) is 6.10 Å². The van der Waals surface area contributed by atoms with E-state index in [1.165, 1.54) is 0 Å². The van der Waals surface area contributed by atoms with Gasteiger partial charge in [0.25, 0.3) is 0 Å². The first-order chi connectivity index (χ1) is 2.97. The molecule has 0 aliphatic carbocycles. The fourth-order valence-electron chi connectivity index (χ4n) is 0.827. The molecule has 2 aliphatic rings. The molecule has 6 heavy (non-hydrogen) atoms. The van der Waals surface area contributed by atoms with E-state index in [9.17, 15) is 0 Å². The van der Waals surface area contributed by atoms with E-state index < -0.39 is 0 Å².